The molecule has 0 aliphatic rings. The van der Waals surface area contributed by atoms with Crippen molar-refractivity contribution in [1.82, 2.24) is 4.98 Å². The van der Waals surface area contributed by atoms with Crippen LogP contribution in [-0.4, -0.2) is 42.7 Å². The number of pyridine rings is 1. The zero-order valence-corrected chi connectivity index (χ0v) is 11.6. The number of aromatic nitrogens is 1. The first-order chi connectivity index (χ1) is 9.20. The Hall–Kier alpha value is -2.00. The molecular weight excluding hydrogens is 286 g/mol. The summed E-state index contributed by atoms with van der Waals surface area (Å²) in [6.45, 7) is 0. The number of anilines is 1. The Bertz CT molecular complexity index is 597. The molecule has 0 aromatic carbocycles. The number of nitrogens with one attached hydrogen (secondary N) is 1. The van der Waals surface area contributed by atoms with E-state index >= 15 is 0 Å². The Morgan fingerprint density at radius 1 is 1.45 bits per heavy atom. The SMILES string of the molecule is CS(=O)(=O)c1ccc(NC(=O)C(N)CCC(=O)O)cn1. The molecule has 0 fully saturated rings. The first kappa shape index (κ1) is 16.1. The van der Waals surface area contributed by atoms with Crippen LogP contribution in [0.2, 0.25) is 0 Å². The van der Waals surface area contributed by atoms with Gasteiger partial charge in [0.25, 0.3) is 0 Å². The van der Waals surface area contributed by atoms with Crippen molar-refractivity contribution in [2.75, 3.05) is 11.6 Å². The van der Waals surface area contributed by atoms with E-state index in [1.807, 2.05) is 0 Å². The lowest BCUT2D eigenvalue weighted by atomic mass is 10.1. The summed E-state index contributed by atoms with van der Waals surface area (Å²) in [5.74, 6) is -1.59. The molecule has 1 aromatic heterocycles. The number of rotatable bonds is 6. The highest BCUT2D eigenvalue weighted by Gasteiger charge is 2.15. The van der Waals surface area contributed by atoms with Gasteiger partial charge in [-0.1, -0.05) is 0 Å². The molecule has 0 aliphatic carbocycles. The van der Waals surface area contributed by atoms with Gasteiger partial charge in [-0.3, -0.25) is 9.59 Å². The van der Waals surface area contributed by atoms with Gasteiger partial charge in [-0.15, -0.1) is 0 Å². The van der Waals surface area contributed by atoms with Gasteiger partial charge in [0.1, 0.15) is 0 Å². The lowest BCUT2D eigenvalue weighted by Crippen LogP contribution is -2.36. The van der Waals surface area contributed by atoms with Gasteiger partial charge >= 0.3 is 5.97 Å². The van der Waals surface area contributed by atoms with Crippen LogP contribution >= 0.6 is 0 Å². The monoisotopic (exact) mass is 301 g/mol. The van der Waals surface area contributed by atoms with E-state index in [0.717, 1.165) is 6.26 Å². The molecule has 1 unspecified atom stereocenters. The number of sulfone groups is 1. The van der Waals surface area contributed by atoms with Gasteiger partial charge in [0, 0.05) is 12.7 Å². The summed E-state index contributed by atoms with van der Waals surface area (Å²) in [5.41, 5.74) is 5.81. The highest BCUT2D eigenvalue weighted by molar-refractivity contribution is 7.90. The Morgan fingerprint density at radius 2 is 2.10 bits per heavy atom. The summed E-state index contributed by atoms with van der Waals surface area (Å²) in [4.78, 5) is 25.7. The highest BCUT2D eigenvalue weighted by atomic mass is 32.2. The van der Waals surface area contributed by atoms with Crippen LogP contribution in [0.4, 0.5) is 5.69 Å². The number of nitrogens with zero attached hydrogens (tertiary/aromatic N) is 1. The minimum Gasteiger partial charge on any atom is -0.481 e. The van der Waals surface area contributed by atoms with Crippen LogP contribution in [0, 0.1) is 0 Å². The zero-order valence-electron chi connectivity index (χ0n) is 10.7. The smallest absolute Gasteiger partial charge is 0.303 e. The largest absolute Gasteiger partial charge is 0.481 e. The Kier molecular flexibility index (Phi) is 5.17. The van der Waals surface area contributed by atoms with E-state index in [0.29, 0.717) is 0 Å². The number of carboxylic acids is 1. The molecule has 8 nitrogen and oxygen atoms in total. The topological polar surface area (TPSA) is 139 Å². The van der Waals surface area contributed by atoms with Crippen molar-refractivity contribution in [3.8, 4) is 0 Å². The van der Waals surface area contributed by atoms with E-state index in [2.05, 4.69) is 10.3 Å². The molecule has 0 saturated heterocycles. The van der Waals surface area contributed by atoms with Gasteiger partial charge in [-0.05, 0) is 18.6 Å². The molecule has 0 spiro atoms. The van der Waals surface area contributed by atoms with Crippen molar-refractivity contribution in [3.05, 3.63) is 18.3 Å². The van der Waals surface area contributed by atoms with Crippen LogP contribution in [0.25, 0.3) is 0 Å². The van der Waals surface area contributed by atoms with Crippen molar-refractivity contribution >= 4 is 27.4 Å². The molecular formula is C11H15N3O5S. The van der Waals surface area contributed by atoms with Gasteiger partial charge in [-0.25, -0.2) is 13.4 Å². The van der Waals surface area contributed by atoms with Crippen LogP contribution in [-0.2, 0) is 19.4 Å². The Balaban J connectivity index is 2.65. The minimum absolute atomic E-state index is 0.00994. The van der Waals surface area contributed by atoms with Crippen molar-refractivity contribution in [2.45, 2.75) is 23.9 Å². The maximum atomic E-state index is 11.6. The van der Waals surface area contributed by atoms with Crippen LogP contribution in [0.15, 0.2) is 23.4 Å². The summed E-state index contributed by atoms with van der Waals surface area (Å²) in [7, 11) is -3.40. The molecule has 1 rings (SSSR count). The van der Waals surface area contributed by atoms with Crippen molar-refractivity contribution < 1.29 is 23.1 Å². The summed E-state index contributed by atoms with van der Waals surface area (Å²) in [6.07, 6.45) is 2.02. The van der Waals surface area contributed by atoms with Gasteiger partial charge in [-0.2, -0.15) is 0 Å². The number of carboxylic acid groups (broad SMARTS) is 1. The fraction of sp³-hybridized carbons (Fsp3) is 0.364. The third kappa shape index (κ3) is 4.94. The molecule has 0 bridgehead atoms. The van der Waals surface area contributed by atoms with E-state index in [1.54, 1.807) is 0 Å². The molecule has 110 valence electrons. The van der Waals surface area contributed by atoms with E-state index in [4.69, 9.17) is 10.8 Å². The summed E-state index contributed by atoms with van der Waals surface area (Å²) < 4.78 is 22.4. The van der Waals surface area contributed by atoms with Crippen LogP contribution in [0.3, 0.4) is 0 Å². The predicted molar refractivity (Wildman–Crippen MR) is 70.8 cm³/mol. The average molecular weight is 301 g/mol. The zero-order chi connectivity index (χ0) is 15.3. The quantitative estimate of drug-likeness (QED) is 0.650. The second-order valence-corrected chi connectivity index (χ2v) is 6.15. The second kappa shape index (κ2) is 6.44. The predicted octanol–water partition coefficient (Wildman–Crippen LogP) is -0.384. The number of nitrogens with two attached hydrogens (primary N) is 1. The van der Waals surface area contributed by atoms with Gasteiger partial charge in [0.05, 0.1) is 17.9 Å². The minimum atomic E-state index is -3.40. The molecule has 1 aromatic rings. The molecule has 1 atom stereocenters. The molecule has 1 heterocycles. The molecule has 0 radical (unpaired) electrons. The molecule has 1 amide bonds. The molecule has 0 saturated carbocycles. The van der Waals surface area contributed by atoms with Gasteiger partial charge < -0.3 is 16.2 Å². The lowest BCUT2D eigenvalue weighted by Gasteiger charge is -2.11. The maximum absolute atomic E-state index is 11.6. The van der Waals surface area contributed by atoms with E-state index in [-0.39, 0.29) is 23.6 Å². The Labute approximate surface area is 115 Å². The number of hydrogen-bond acceptors (Lipinski definition) is 6. The number of carbonyl (C=O) groups excluding carboxylic acids is 1. The molecule has 9 heteroatoms. The third-order valence-corrected chi connectivity index (χ3v) is 3.39. The summed E-state index contributed by atoms with van der Waals surface area (Å²) in [6, 6.07) is 1.68. The van der Waals surface area contributed by atoms with Crippen LogP contribution in [0.5, 0.6) is 0 Å². The van der Waals surface area contributed by atoms with E-state index in [1.165, 1.54) is 18.3 Å². The fourth-order valence-corrected chi connectivity index (χ4v) is 1.88. The van der Waals surface area contributed by atoms with Gasteiger partial charge in [0.15, 0.2) is 14.9 Å². The van der Waals surface area contributed by atoms with Crippen LogP contribution in [0.1, 0.15) is 12.8 Å². The number of carbonyl (C=O) groups is 2. The van der Waals surface area contributed by atoms with Crippen molar-refractivity contribution in [2.24, 2.45) is 5.73 Å². The normalized spacial score (nSPS) is 12.7. The number of aliphatic carboxylic acids is 1. The molecule has 4 N–H and O–H groups in total. The number of hydrogen-bond donors (Lipinski definition) is 3. The Morgan fingerprint density at radius 3 is 2.55 bits per heavy atom. The summed E-state index contributed by atoms with van der Waals surface area (Å²) in [5, 5.41) is 10.8. The first-order valence-corrected chi connectivity index (χ1v) is 7.53. The molecule has 20 heavy (non-hydrogen) atoms. The molecule has 0 aliphatic heterocycles. The fourth-order valence-electron chi connectivity index (χ4n) is 1.32. The van der Waals surface area contributed by atoms with E-state index < -0.39 is 27.8 Å². The average Bonchev–Trinajstić information content (AvgIpc) is 2.35. The van der Waals surface area contributed by atoms with Crippen molar-refractivity contribution in [1.29, 1.82) is 0 Å². The van der Waals surface area contributed by atoms with Crippen LogP contribution < -0.4 is 11.1 Å². The second-order valence-electron chi connectivity index (χ2n) is 4.19. The standard InChI is InChI=1S/C11H15N3O5S/c1-20(18,19)9-4-2-7(6-13-9)14-11(17)8(12)3-5-10(15)16/h2,4,6,8H,3,5,12H2,1H3,(H,14,17)(H,15,16). The lowest BCUT2D eigenvalue weighted by molar-refractivity contribution is -0.137. The third-order valence-electron chi connectivity index (χ3n) is 2.39. The summed E-state index contributed by atoms with van der Waals surface area (Å²) >= 11 is 0. The first-order valence-electron chi connectivity index (χ1n) is 5.64. The van der Waals surface area contributed by atoms with Gasteiger partial charge in [0.2, 0.25) is 5.91 Å². The number of amides is 1. The highest BCUT2D eigenvalue weighted by Crippen LogP contribution is 2.10. The van der Waals surface area contributed by atoms with E-state index in [9.17, 15) is 18.0 Å². The maximum Gasteiger partial charge on any atom is 0.303 e. The van der Waals surface area contributed by atoms with Crippen molar-refractivity contribution in [3.63, 3.8) is 0 Å².